The summed E-state index contributed by atoms with van der Waals surface area (Å²) in [4.78, 5) is 6.16. The van der Waals surface area contributed by atoms with Crippen LogP contribution < -0.4 is 4.74 Å². The van der Waals surface area contributed by atoms with Gasteiger partial charge in [0, 0.05) is 47.9 Å². The first-order valence-corrected chi connectivity index (χ1v) is 12.2. The SMILES string of the molecule is COc1cccc([C@@]23CCN(Cc4ccccc4)C[C@@]2(O)Cc2c([nH]c4cccc(C)c24)C3)c1. The number of β-amino-alcohol motifs (C(OH)–C–C–N with tert-alkyl or cyclic N) is 1. The third-order valence-corrected chi connectivity index (χ3v) is 8.27. The summed E-state index contributed by atoms with van der Waals surface area (Å²) in [6.07, 6.45) is 2.35. The number of hydrogen-bond acceptors (Lipinski definition) is 3. The predicted octanol–water partition coefficient (Wildman–Crippen LogP) is 5.16. The number of rotatable bonds is 4. The molecular weight excluding hydrogens is 420 g/mol. The van der Waals surface area contributed by atoms with Gasteiger partial charge in [0.1, 0.15) is 5.75 Å². The number of fused-ring (bicyclic) bond motifs is 4. The van der Waals surface area contributed by atoms with Crippen molar-refractivity contribution in [1.29, 1.82) is 0 Å². The first-order valence-electron chi connectivity index (χ1n) is 12.2. The maximum Gasteiger partial charge on any atom is 0.119 e. The van der Waals surface area contributed by atoms with Crippen molar-refractivity contribution in [1.82, 2.24) is 9.88 Å². The lowest BCUT2D eigenvalue weighted by molar-refractivity contribution is -0.105. The maximum atomic E-state index is 12.6. The van der Waals surface area contributed by atoms with Crippen molar-refractivity contribution in [3.05, 3.63) is 101 Å². The summed E-state index contributed by atoms with van der Waals surface area (Å²) in [5.41, 5.74) is 6.23. The van der Waals surface area contributed by atoms with Crippen LogP contribution in [0.2, 0.25) is 0 Å². The van der Waals surface area contributed by atoms with Gasteiger partial charge in [-0.1, -0.05) is 54.6 Å². The van der Waals surface area contributed by atoms with Crippen LogP contribution in [0.5, 0.6) is 5.75 Å². The number of piperidine rings is 1. The van der Waals surface area contributed by atoms with Gasteiger partial charge < -0.3 is 14.8 Å². The molecule has 4 heteroatoms. The van der Waals surface area contributed by atoms with Crippen LogP contribution in [0, 0.1) is 6.92 Å². The van der Waals surface area contributed by atoms with E-state index in [1.165, 1.54) is 38.9 Å². The van der Waals surface area contributed by atoms with Gasteiger partial charge in [-0.05, 0) is 60.3 Å². The van der Waals surface area contributed by atoms with Crippen molar-refractivity contribution in [2.45, 2.75) is 43.7 Å². The number of nitrogens with zero attached hydrogens (tertiary/aromatic N) is 1. The van der Waals surface area contributed by atoms with Gasteiger partial charge in [-0.15, -0.1) is 0 Å². The van der Waals surface area contributed by atoms with E-state index in [0.29, 0.717) is 13.0 Å². The van der Waals surface area contributed by atoms with Crippen LogP contribution in [0.4, 0.5) is 0 Å². The molecule has 4 aromatic rings. The van der Waals surface area contributed by atoms with E-state index < -0.39 is 5.60 Å². The molecule has 2 heterocycles. The van der Waals surface area contributed by atoms with Crippen molar-refractivity contribution >= 4 is 10.9 Å². The van der Waals surface area contributed by atoms with Gasteiger partial charge in [0.2, 0.25) is 0 Å². The fourth-order valence-electron chi connectivity index (χ4n) is 6.57. The summed E-state index contributed by atoms with van der Waals surface area (Å²) in [7, 11) is 1.71. The van der Waals surface area contributed by atoms with Crippen molar-refractivity contribution in [3.8, 4) is 5.75 Å². The van der Waals surface area contributed by atoms with E-state index >= 15 is 0 Å². The van der Waals surface area contributed by atoms with Gasteiger partial charge in [-0.2, -0.15) is 0 Å². The van der Waals surface area contributed by atoms with E-state index in [2.05, 4.69) is 83.5 Å². The summed E-state index contributed by atoms with van der Waals surface area (Å²) in [5, 5.41) is 13.9. The average molecular weight is 453 g/mol. The number of hydrogen-bond donors (Lipinski definition) is 2. The zero-order valence-corrected chi connectivity index (χ0v) is 20.0. The lowest BCUT2D eigenvalue weighted by atomic mass is 9.56. The van der Waals surface area contributed by atoms with Crippen LogP contribution >= 0.6 is 0 Å². The normalized spacial score (nSPS) is 24.6. The second kappa shape index (κ2) is 8.00. The number of H-pyrrole nitrogens is 1. The van der Waals surface area contributed by atoms with Gasteiger partial charge in [-0.25, -0.2) is 0 Å². The van der Waals surface area contributed by atoms with Gasteiger partial charge in [-0.3, -0.25) is 4.90 Å². The molecule has 2 atom stereocenters. The molecule has 0 amide bonds. The molecule has 0 bridgehead atoms. The minimum absolute atomic E-state index is 0.365. The number of aryl methyl sites for hydroxylation is 1. The van der Waals surface area contributed by atoms with E-state index in [1.54, 1.807) is 7.11 Å². The number of ether oxygens (including phenoxy) is 1. The van der Waals surface area contributed by atoms with E-state index in [4.69, 9.17) is 4.74 Å². The van der Waals surface area contributed by atoms with Crippen LogP contribution in [0.1, 0.15) is 34.4 Å². The Kier molecular flexibility index (Phi) is 5.05. The van der Waals surface area contributed by atoms with Gasteiger partial charge in [0.25, 0.3) is 0 Å². The number of benzene rings is 3. The minimum atomic E-state index is -0.878. The topological polar surface area (TPSA) is 48.5 Å². The number of aliphatic hydroxyl groups is 1. The molecule has 2 N–H and O–H groups in total. The molecular formula is C30H32N2O2. The van der Waals surface area contributed by atoms with E-state index in [0.717, 1.165) is 31.7 Å². The lowest BCUT2D eigenvalue weighted by Crippen LogP contribution is -2.66. The smallest absolute Gasteiger partial charge is 0.119 e. The summed E-state index contributed by atoms with van der Waals surface area (Å²) in [6.45, 7) is 4.63. The number of aromatic amines is 1. The molecule has 0 radical (unpaired) electrons. The maximum absolute atomic E-state index is 12.6. The van der Waals surface area contributed by atoms with Crippen LogP contribution in [0.25, 0.3) is 10.9 Å². The largest absolute Gasteiger partial charge is 0.497 e. The van der Waals surface area contributed by atoms with Crippen molar-refractivity contribution in [3.63, 3.8) is 0 Å². The molecule has 1 aliphatic carbocycles. The monoisotopic (exact) mass is 452 g/mol. The Morgan fingerprint density at radius 2 is 1.82 bits per heavy atom. The highest BCUT2D eigenvalue weighted by Gasteiger charge is 2.57. The molecule has 6 rings (SSSR count). The molecule has 3 aromatic carbocycles. The number of methoxy groups -OCH3 is 1. The fraction of sp³-hybridized carbons (Fsp3) is 0.333. The number of nitrogens with one attached hydrogen (secondary N) is 1. The minimum Gasteiger partial charge on any atom is -0.497 e. The van der Waals surface area contributed by atoms with Gasteiger partial charge >= 0.3 is 0 Å². The van der Waals surface area contributed by atoms with Crippen molar-refractivity contribution in [2.24, 2.45) is 0 Å². The van der Waals surface area contributed by atoms with E-state index in [-0.39, 0.29) is 5.41 Å². The Hall–Kier alpha value is -3.08. The molecule has 0 spiro atoms. The third kappa shape index (κ3) is 3.28. The summed E-state index contributed by atoms with van der Waals surface area (Å²) < 4.78 is 5.59. The predicted molar refractivity (Wildman–Crippen MR) is 136 cm³/mol. The molecule has 1 aliphatic heterocycles. The van der Waals surface area contributed by atoms with Gasteiger partial charge in [0.05, 0.1) is 12.7 Å². The highest BCUT2D eigenvalue weighted by Crippen LogP contribution is 2.52. The zero-order chi connectivity index (χ0) is 23.3. The molecule has 4 nitrogen and oxygen atoms in total. The first kappa shape index (κ1) is 21.5. The Labute approximate surface area is 201 Å². The van der Waals surface area contributed by atoms with E-state index in [1.807, 2.05) is 6.07 Å². The Balaban J connectivity index is 1.47. The number of aromatic nitrogens is 1. The van der Waals surface area contributed by atoms with Crippen molar-refractivity contribution in [2.75, 3.05) is 20.2 Å². The van der Waals surface area contributed by atoms with Crippen LogP contribution in [-0.2, 0) is 24.8 Å². The highest BCUT2D eigenvalue weighted by atomic mass is 16.5. The molecule has 1 aromatic heterocycles. The number of likely N-dealkylation sites (tertiary alicyclic amines) is 1. The Morgan fingerprint density at radius 1 is 1.00 bits per heavy atom. The zero-order valence-electron chi connectivity index (χ0n) is 20.0. The lowest BCUT2D eigenvalue weighted by Gasteiger charge is -2.56. The Bertz CT molecular complexity index is 1340. The van der Waals surface area contributed by atoms with Crippen LogP contribution in [0.3, 0.4) is 0 Å². The summed E-state index contributed by atoms with van der Waals surface area (Å²) in [5.74, 6) is 0.847. The third-order valence-electron chi connectivity index (χ3n) is 8.27. The average Bonchev–Trinajstić information content (AvgIpc) is 3.20. The molecule has 174 valence electrons. The Morgan fingerprint density at radius 3 is 2.65 bits per heavy atom. The molecule has 0 saturated carbocycles. The molecule has 0 unspecified atom stereocenters. The molecule has 1 fully saturated rings. The van der Waals surface area contributed by atoms with Crippen molar-refractivity contribution < 1.29 is 9.84 Å². The highest BCUT2D eigenvalue weighted by molar-refractivity contribution is 5.88. The standard InChI is InChI=1S/C30H32N2O2/c1-21-8-6-13-26-28(21)25-17-30(33)20-32(19-22-9-4-3-5-10-22)15-14-29(30,18-27(25)31-26)23-11-7-12-24(16-23)34-2/h3-13,16,31,33H,14-15,17-20H2,1-2H3/t29-,30-/m0/s1. The molecule has 34 heavy (non-hydrogen) atoms. The molecule has 1 saturated heterocycles. The first-order chi connectivity index (χ1) is 16.5. The van der Waals surface area contributed by atoms with Crippen LogP contribution in [-0.4, -0.2) is 40.8 Å². The van der Waals surface area contributed by atoms with Gasteiger partial charge in [0.15, 0.2) is 0 Å². The molecule has 2 aliphatic rings. The second-order valence-electron chi connectivity index (χ2n) is 10.2. The van der Waals surface area contributed by atoms with Crippen LogP contribution in [0.15, 0.2) is 72.8 Å². The summed E-state index contributed by atoms with van der Waals surface area (Å²) >= 11 is 0. The quantitative estimate of drug-likeness (QED) is 0.450. The fourth-order valence-corrected chi connectivity index (χ4v) is 6.57. The summed E-state index contributed by atoms with van der Waals surface area (Å²) in [6, 6.07) is 25.4. The second-order valence-corrected chi connectivity index (χ2v) is 10.2. The van der Waals surface area contributed by atoms with E-state index in [9.17, 15) is 5.11 Å².